The molecule has 0 amide bonds. The van der Waals surface area contributed by atoms with Gasteiger partial charge in [-0.2, -0.15) is 26.3 Å². The Labute approximate surface area is 284 Å². The summed E-state index contributed by atoms with van der Waals surface area (Å²) in [5.41, 5.74) is 5.48. The minimum absolute atomic E-state index is 0.0314. The third kappa shape index (κ3) is 7.88. The van der Waals surface area contributed by atoms with E-state index in [0.717, 1.165) is 59.6 Å². The number of alkyl halides is 8. The highest BCUT2D eigenvalue weighted by atomic mass is 32.2. The monoisotopic (exact) mass is 744 g/mol. The Morgan fingerprint density at radius 1 is 0.961 bits per heavy atom. The molecule has 4 N–H and O–H groups in total. The lowest BCUT2D eigenvalue weighted by atomic mass is 9.91. The van der Waals surface area contributed by atoms with E-state index in [1.807, 2.05) is 0 Å². The van der Waals surface area contributed by atoms with E-state index in [0.29, 0.717) is 0 Å². The lowest BCUT2D eigenvalue weighted by molar-refractivity contribution is -0.192. The molecular weight excluding hydrogens is 716 g/mol. The first-order valence-corrected chi connectivity index (χ1v) is 16.5. The van der Waals surface area contributed by atoms with E-state index in [4.69, 9.17) is 15.6 Å². The summed E-state index contributed by atoms with van der Waals surface area (Å²) in [5.74, 6) is -2.63. The van der Waals surface area contributed by atoms with Crippen LogP contribution in [0, 0.1) is 6.92 Å². The number of nitrogens with two attached hydrogens (primary N) is 1. The number of nitrogens with one attached hydrogen (secondary N) is 1. The number of benzene rings is 2. The first-order valence-electron chi connectivity index (χ1n) is 15.1. The van der Waals surface area contributed by atoms with Gasteiger partial charge in [0.15, 0.2) is 0 Å². The molecule has 0 aliphatic heterocycles. The molecule has 3 aromatic heterocycles. The number of rotatable bonds is 6. The average Bonchev–Trinajstić information content (AvgIpc) is 3.44. The average molecular weight is 745 g/mol. The minimum Gasteiger partial charge on any atom is -0.475 e. The van der Waals surface area contributed by atoms with Crippen LogP contribution in [0.2, 0.25) is 0 Å². The van der Waals surface area contributed by atoms with Gasteiger partial charge in [0.25, 0.3) is 16.4 Å². The molecule has 272 valence electrons. The predicted molar refractivity (Wildman–Crippen MR) is 170 cm³/mol. The molecule has 0 unspecified atom stereocenters. The van der Waals surface area contributed by atoms with Crippen LogP contribution < -0.4 is 11.1 Å². The van der Waals surface area contributed by atoms with Gasteiger partial charge in [-0.05, 0) is 44.0 Å². The van der Waals surface area contributed by atoms with Crippen molar-refractivity contribution in [3.63, 3.8) is 0 Å². The van der Waals surface area contributed by atoms with Crippen LogP contribution in [0.15, 0.2) is 66.0 Å². The Bertz CT molecular complexity index is 2190. The normalized spacial score (nSPS) is 17.0. The van der Waals surface area contributed by atoms with Crippen molar-refractivity contribution >= 4 is 43.7 Å². The summed E-state index contributed by atoms with van der Waals surface area (Å²) in [5, 5.41) is 10.4. The van der Waals surface area contributed by atoms with E-state index >= 15 is 0 Å². The van der Waals surface area contributed by atoms with E-state index in [1.165, 1.54) is 24.5 Å². The van der Waals surface area contributed by atoms with E-state index < -0.39 is 46.0 Å². The number of carbonyl (C=O) groups is 1. The lowest BCUT2D eigenvalue weighted by Crippen LogP contribution is -2.42. The molecule has 0 radical (unpaired) electrons. The molecule has 5 aromatic rings. The zero-order chi connectivity index (χ0) is 37.5. The fourth-order valence-corrected chi connectivity index (χ4v) is 6.96. The van der Waals surface area contributed by atoms with E-state index in [2.05, 4.69) is 20.3 Å². The topological polar surface area (TPSA) is 153 Å². The van der Waals surface area contributed by atoms with E-state index in [1.54, 1.807) is 19.1 Å². The van der Waals surface area contributed by atoms with Crippen LogP contribution in [0.25, 0.3) is 32.9 Å². The standard InChI is InChI=1S/C30H27F5N6O2S.C2HF3O2/c1-16-6-9-18(10-7-16)44(42,43)41-15-22(19-11-8-17(12-25(19)41)30(33,34)35)20-13-37-27(28(31)32)21-14-38-29(40-26(20)21)39-24-5-3-2-4-23(24)36;3-2(4,5)1(6)7/h6-15,23-24,28H,2-5,36H2,1H3,(H,38,39,40);(H,6,7)/t23-,24+;/m1./s1. The molecule has 0 bridgehead atoms. The molecule has 2 atom stereocenters. The van der Waals surface area contributed by atoms with Gasteiger partial charge in [0.1, 0.15) is 5.69 Å². The van der Waals surface area contributed by atoms with E-state index in [-0.39, 0.29) is 55.9 Å². The molecule has 3 heterocycles. The van der Waals surface area contributed by atoms with Gasteiger partial charge in [0.05, 0.1) is 21.5 Å². The molecule has 0 spiro atoms. The number of halogens is 8. The summed E-state index contributed by atoms with van der Waals surface area (Å²) >= 11 is 0. The predicted octanol–water partition coefficient (Wildman–Crippen LogP) is 7.46. The van der Waals surface area contributed by atoms with Gasteiger partial charge in [-0.3, -0.25) is 4.98 Å². The van der Waals surface area contributed by atoms with Crippen LogP contribution in [-0.2, 0) is 21.0 Å². The van der Waals surface area contributed by atoms with Crippen molar-refractivity contribution in [1.29, 1.82) is 0 Å². The molecule has 10 nitrogen and oxygen atoms in total. The highest BCUT2D eigenvalue weighted by Crippen LogP contribution is 2.40. The fourth-order valence-electron chi connectivity index (χ4n) is 5.60. The van der Waals surface area contributed by atoms with Crippen LogP contribution in [0.4, 0.5) is 41.1 Å². The molecule has 19 heteroatoms. The van der Waals surface area contributed by atoms with Gasteiger partial charge in [-0.15, -0.1) is 0 Å². The third-order valence-electron chi connectivity index (χ3n) is 8.20. The number of anilines is 1. The number of fused-ring (bicyclic) bond motifs is 2. The maximum Gasteiger partial charge on any atom is 0.490 e. The second kappa shape index (κ2) is 14.0. The van der Waals surface area contributed by atoms with Crippen LogP contribution in [0.3, 0.4) is 0 Å². The van der Waals surface area contributed by atoms with Gasteiger partial charge in [0.2, 0.25) is 5.95 Å². The molecule has 1 fully saturated rings. The number of pyridine rings is 1. The summed E-state index contributed by atoms with van der Waals surface area (Å²) in [4.78, 5) is 21.5. The number of hydrogen-bond acceptors (Lipinski definition) is 8. The molecular formula is C32H28F8N6O4S. The summed E-state index contributed by atoms with van der Waals surface area (Å²) in [7, 11) is -4.39. The van der Waals surface area contributed by atoms with Crippen LogP contribution in [-0.4, -0.2) is 56.7 Å². The number of aryl methyl sites for hydroxylation is 1. The SMILES string of the molecule is Cc1ccc(S(=O)(=O)n2cc(-c3cnc(C(F)F)c4cnc(N[C@H]5CCCC[C@H]5N)nc34)c3ccc(C(F)(F)F)cc32)cc1.O=C(O)C(F)(F)F. The number of carboxylic acids is 1. The van der Waals surface area contributed by atoms with Crippen molar-refractivity contribution < 1.29 is 53.4 Å². The first kappa shape index (κ1) is 37.3. The van der Waals surface area contributed by atoms with Crippen molar-refractivity contribution in [3.05, 3.63) is 77.9 Å². The fraction of sp³-hybridized carbons (Fsp3) is 0.312. The molecule has 1 aliphatic carbocycles. The highest BCUT2D eigenvalue weighted by Gasteiger charge is 2.38. The maximum absolute atomic E-state index is 14.0. The maximum atomic E-state index is 14.0. The Balaban J connectivity index is 0.000000654. The van der Waals surface area contributed by atoms with Gasteiger partial charge in [0, 0.05) is 52.6 Å². The van der Waals surface area contributed by atoms with Gasteiger partial charge < -0.3 is 16.2 Å². The zero-order valence-electron chi connectivity index (χ0n) is 26.3. The summed E-state index contributed by atoms with van der Waals surface area (Å²) in [6.07, 6.45) is -5.81. The second-order valence-electron chi connectivity index (χ2n) is 11.7. The molecule has 1 aliphatic rings. The largest absolute Gasteiger partial charge is 0.490 e. The lowest BCUT2D eigenvalue weighted by Gasteiger charge is -2.29. The van der Waals surface area contributed by atoms with Crippen LogP contribution in [0.5, 0.6) is 0 Å². The van der Waals surface area contributed by atoms with Gasteiger partial charge >= 0.3 is 18.3 Å². The van der Waals surface area contributed by atoms with Crippen molar-refractivity contribution in [2.24, 2.45) is 5.73 Å². The molecule has 6 rings (SSSR count). The van der Waals surface area contributed by atoms with Crippen LogP contribution in [0.1, 0.15) is 48.9 Å². The Hall–Kier alpha value is -4.91. The minimum atomic E-state index is -5.08. The summed E-state index contributed by atoms with van der Waals surface area (Å²) in [6.45, 7) is 1.77. The number of hydrogen-bond donors (Lipinski definition) is 3. The number of aromatic nitrogens is 4. The quantitative estimate of drug-likeness (QED) is 0.150. The van der Waals surface area contributed by atoms with Crippen molar-refractivity contribution in [2.45, 2.75) is 68.4 Å². The molecule has 51 heavy (non-hydrogen) atoms. The molecule has 2 aromatic carbocycles. The van der Waals surface area contributed by atoms with Gasteiger partial charge in [-0.1, -0.05) is 36.6 Å². The number of aliphatic carboxylic acids is 1. The zero-order valence-corrected chi connectivity index (χ0v) is 27.1. The Morgan fingerprint density at radius 2 is 1.61 bits per heavy atom. The van der Waals surface area contributed by atoms with Crippen molar-refractivity contribution in [3.8, 4) is 11.1 Å². The molecule has 0 saturated heterocycles. The Morgan fingerprint density at radius 3 is 2.20 bits per heavy atom. The first-order chi connectivity index (χ1) is 23.8. The number of nitrogens with zero attached hydrogens (tertiary/aromatic N) is 4. The molecule has 1 saturated carbocycles. The van der Waals surface area contributed by atoms with Crippen molar-refractivity contribution in [1.82, 2.24) is 18.9 Å². The summed E-state index contributed by atoms with van der Waals surface area (Å²) < 4.78 is 129. The van der Waals surface area contributed by atoms with Gasteiger partial charge in [-0.25, -0.2) is 35.9 Å². The van der Waals surface area contributed by atoms with Crippen molar-refractivity contribution in [2.75, 3.05) is 5.32 Å². The highest BCUT2D eigenvalue weighted by molar-refractivity contribution is 7.90. The third-order valence-corrected chi connectivity index (χ3v) is 9.89. The smallest absolute Gasteiger partial charge is 0.475 e. The number of carboxylic acid groups (broad SMARTS) is 1. The summed E-state index contributed by atoms with van der Waals surface area (Å²) in [6, 6.07) is 8.30. The van der Waals surface area contributed by atoms with E-state index in [9.17, 15) is 43.5 Å². The Kier molecular flexibility index (Phi) is 10.3. The van der Waals surface area contributed by atoms with Crippen LogP contribution >= 0.6 is 0 Å². The second-order valence-corrected chi connectivity index (χ2v) is 13.5.